The number of imidazole rings is 1. The van der Waals surface area contributed by atoms with Gasteiger partial charge in [0.05, 0.1) is 48.2 Å². The number of anilines is 2. The molecule has 5 aromatic rings. The molecule has 1 aromatic carbocycles. The van der Waals surface area contributed by atoms with Crippen molar-refractivity contribution in [3.05, 3.63) is 72.6 Å². The van der Waals surface area contributed by atoms with Gasteiger partial charge in [0.25, 0.3) is 0 Å². The summed E-state index contributed by atoms with van der Waals surface area (Å²) in [6.07, 6.45) is 5.12. The molecule has 43 heavy (non-hydrogen) atoms. The number of hydrogen-bond acceptors (Lipinski definition) is 9. The molecule has 0 spiro atoms. The van der Waals surface area contributed by atoms with Crippen molar-refractivity contribution < 1.29 is 18.3 Å². The van der Waals surface area contributed by atoms with Gasteiger partial charge in [-0.1, -0.05) is 6.07 Å². The fourth-order valence-electron chi connectivity index (χ4n) is 5.80. The molecule has 7 rings (SSSR count). The van der Waals surface area contributed by atoms with E-state index < -0.39 is 17.7 Å². The topological polar surface area (TPSA) is 119 Å². The third-order valence-electron chi connectivity index (χ3n) is 7.88. The average molecular weight is 587 g/mol. The number of carbonyl (C=O) groups excluding carboxylic acids is 1. The molecule has 1 saturated heterocycles. The Bertz CT molecular complexity index is 1840. The predicted molar refractivity (Wildman–Crippen MR) is 153 cm³/mol. The van der Waals surface area contributed by atoms with E-state index in [0.717, 1.165) is 29.2 Å². The molecule has 0 radical (unpaired) electrons. The van der Waals surface area contributed by atoms with Gasteiger partial charge in [0.15, 0.2) is 11.5 Å². The van der Waals surface area contributed by atoms with Crippen LogP contribution in [0.1, 0.15) is 12.1 Å². The van der Waals surface area contributed by atoms with Crippen LogP contribution in [0.4, 0.5) is 20.4 Å². The Morgan fingerprint density at radius 3 is 2.84 bits per heavy atom. The Morgan fingerprint density at radius 1 is 1.09 bits per heavy atom. The molecule has 1 amide bonds. The Labute approximate surface area is 245 Å². The van der Waals surface area contributed by atoms with E-state index in [1.807, 2.05) is 34.7 Å². The van der Waals surface area contributed by atoms with Crippen LogP contribution in [0.2, 0.25) is 0 Å². The summed E-state index contributed by atoms with van der Waals surface area (Å²) in [7, 11) is 3.67. The van der Waals surface area contributed by atoms with Crippen molar-refractivity contribution in [2.45, 2.75) is 25.1 Å². The number of amides is 1. The van der Waals surface area contributed by atoms with E-state index in [0.29, 0.717) is 48.8 Å². The number of carbonyl (C=O) groups is 1. The van der Waals surface area contributed by atoms with E-state index in [1.165, 1.54) is 23.3 Å². The lowest BCUT2D eigenvalue weighted by molar-refractivity contribution is -0.131. The first-order valence-corrected chi connectivity index (χ1v) is 13.8. The number of nitrogens with one attached hydrogen (secondary N) is 1. The Hall–Kier alpha value is -4.98. The summed E-state index contributed by atoms with van der Waals surface area (Å²) in [5.41, 5.74) is 2.79. The molecule has 14 heteroatoms. The number of aryl methyl sites for hydroxylation is 1. The number of fused-ring (bicyclic) bond motifs is 7. The quantitative estimate of drug-likeness (QED) is 0.333. The number of hydrogen-bond donors (Lipinski definition) is 1. The van der Waals surface area contributed by atoms with Crippen LogP contribution < -0.4 is 10.2 Å². The first kappa shape index (κ1) is 26.9. The highest BCUT2D eigenvalue weighted by Gasteiger charge is 2.40. The minimum absolute atomic E-state index is 0.0540. The number of ether oxygens (including phenoxy) is 1. The lowest BCUT2D eigenvalue weighted by Crippen LogP contribution is -2.45. The Morgan fingerprint density at radius 2 is 1.98 bits per heavy atom. The zero-order chi connectivity index (χ0) is 29.7. The van der Waals surface area contributed by atoms with Crippen molar-refractivity contribution in [2.24, 2.45) is 7.05 Å². The number of aromatic nitrogens is 7. The number of pyridine rings is 1. The van der Waals surface area contributed by atoms with E-state index in [9.17, 15) is 13.6 Å². The molecule has 6 heterocycles. The van der Waals surface area contributed by atoms with E-state index in [4.69, 9.17) is 9.72 Å². The smallest absolute Gasteiger partial charge is 0.245 e. The third-order valence-corrected chi connectivity index (χ3v) is 7.88. The second-order valence-corrected chi connectivity index (χ2v) is 10.7. The summed E-state index contributed by atoms with van der Waals surface area (Å²) in [6.45, 7) is 1.43. The van der Waals surface area contributed by atoms with Crippen LogP contribution in [0.15, 0.2) is 55.2 Å². The lowest BCUT2D eigenvalue weighted by Gasteiger charge is -2.28. The molecular formula is C29H28F2N10O2. The molecule has 220 valence electrons. The van der Waals surface area contributed by atoms with Crippen molar-refractivity contribution in [3.8, 4) is 17.1 Å². The number of halogens is 2. The number of likely N-dealkylation sites (N-methyl/N-ethyl adjacent to an activating group) is 1. The van der Waals surface area contributed by atoms with Gasteiger partial charge in [0, 0.05) is 39.3 Å². The van der Waals surface area contributed by atoms with Gasteiger partial charge in [-0.15, -0.1) is 0 Å². The van der Waals surface area contributed by atoms with E-state index in [-0.39, 0.29) is 24.2 Å². The largest absolute Gasteiger partial charge is 0.373 e. The second-order valence-electron chi connectivity index (χ2n) is 10.7. The lowest BCUT2D eigenvalue weighted by atomic mass is 10.1. The number of nitrogens with zero attached hydrogens (tertiary/aromatic N) is 9. The van der Waals surface area contributed by atoms with Gasteiger partial charge in [-0.25, -0.2) is 33.4 Å². The van der Waals surface area contributed by atoms with Gasteiger partial charge in [0.1, 0.15) is 35.5 Å². The fourth-order valence-corrected chi connectivity index (χ4v) is 5.80. The van der Waals surface area contributed by atoms with Gasteiger partial charge in [0.2, 0.25) is 5.91 Å². The van der Waals surface area contributed by atoms with Crippen molar-refractivity contribution in [3.63, 3.8) is 0 Å². The van der Waals surface area contributed by atoms with Crippen LogP contribution in [-0.2, 0) is 23.2 Å². The van der Waals surface area contributed by atoms with Gasteiger partial charge in [-0.2, -0.15) is 5.10 Å². The van der Waals surface area contributed by atoms with Crippen LogP contribution in [0.3, 0.4) is 0 Å². The molecule has 1 N–H and O–H groups in total. The maximum Gasteiger partial charge on any atom is 0.245 e. The molecule has 12 nitrogen and oxygen atoms in total. The normalized spacial score (nSPS) is 19.2. The van der Waals surface area contributed by atoms with E-state index in [2.05, 4.69) is 25.4 Å². The van der Waals surface area contributed by atoms with Gasteiger partial charge in [-0.05, 0) is 30.7 Å². The summed E-state index contributed by atoms with van der Waals surface area (Å²) < 4.78 is 37.4. The van der Waals surface area contributed by atoms with Crippen molar-refractivity contribution >= 4 is 28.6 Å². The Kier molecular flexibility index (Phi) is 6.69. The maximum atomic E-state index is 14.7. The molecule has 0 aliphatic carbocycles. The highest BCUT2D eigenvalue weighted by atomic mass is 19.1. The predicted octanol–water partition coefficient (Wildman–Crippen LogP) is 2.94. The molecule has 0 unspecified atom stereocenters. The van der Waals surface area contributed by atoms with Gasteiger partial charge < -0.3 is 24.4 Å². The molecule has 2 aliphatic rings. The monoisotopic (exact) mass is 586 g/mol. The minimum atomic E-state index is -0.770. The molecule has 4 aromatic heterocycles. The molecular weight excluding hydrogens is 558 g/mol. The number of rotatable bonds is 2. The average Bonchev–Trinajstić information content (AvgIpc) is 3.71. The first-order chi connectivity index (χ1) is 20.9. The first-order valence-electron chi connectivity index (χ1n) is 13.8. The minimum Gasteiger partial charge on any atom is -0.373 e. The molecule has 4 bridgehead atoms. The molecule has 0 saturated carbocycles. The van der Waals surface area contributed by atoms with Crippen molar-refractivity contribution in [1.29, 1.82) is 0 Å². The van der Waals surface area contributed by atoms with Crippen LogP contribution >= 0.6 is 0 Å². The van der Waals surface area contributed by atoms with Crippen LogP contribution in [0, 0.1) is 11.6 Å². The summed E-state index contributed by atoms with van der Waals surface area (Å²) in [5.74, 6) is -0.389. The fraction of sp³-hybridized carbons (Fsp3) is 0.310. The van der Waals surface area contributed by atoms with E-state index in [1.54, 1.807) is 18.3 Å². The standard InChI is InChI=1S/C29H28F2N10O2/c1-38-8-9-43-14-22-26(39(2)16-34-22)21-4-3-5-25(37-21)36-18-11-24(29(38)42)40(13-18)27-19-12-35-41(28(19)33-15-32-27)23-7-6-17(30)10-20(23)31/h3-7,10,12,15-16,18,24H,8-9,11,13-14H2,1-2H3,(H,36,37)/t18-,24-/m0/s1. The van der Waals surface area contributed by atoms with Crippen molar-refractivity contribution in [1.82, 2.24) is 39.2 Å². The maximum absolute atomic E-state index is 14.7. The second kappa shape index (κ2) is 10.7. The zero-order valence-electron chi connectivity index (χ0n) is 23.5. The molecule has 2 atom stereocenters. The summed E-state index contributed by atoms with van der Waals surface area (Å²) in [5, 5.41) is 8.40. The van der Waals surface area contributed by atoms with Crippen LogP contribution in [-0.4, -0.2) is 83.9 Å². The summed E-state index contributed by atoms with van der Waals surface area (Å²) >= 11 is 0. The van der Waals surface area contributed by atoms with E-state index >= 15 is 0 Å². The summed E-state index contributed by atoms with van der Waals surface area (Å²) in [6, 6.07) is 8.33. The summed E-state index contributed by atoms with van der Waals surface area (Å²) in [4.78, 5) is 35.7. The zero-order valence-corrected chi connectivity index (χ0v) is 23.5. The Balaban J connectivity index is 1.27. The van der Waals surface area contributed by atoms with Crippen LogP contribution in [0.25, 0.3) is 28.1 Å². The molecule has 2 aliphatic heterocycles. The van der Waals surface area contributed by atoms with Gasteiger partial charge >= 0.3 is 0 Å². The SMILES string of the molecule is CN1CCOCc2ncn(C)c2-c2cccc(n2)N[C@H]2C[C@@H](C1=O)N(c1ncnc3c1cnn3-c1ccc(F)cc1F)C2. The van der Waals surface area contributed by atoms with Crippen molar-refractivity contribution in [2.75, 3.05) is 37.0 Å². The van der Waals surface area contributed by atoms with Crippen LogP contribution in [0.5, 0.6) is 0 Å². The molecule has 1 fully saturated rings. The van der Waals surface area contributed by atoms with Gasteiger partial charge in [-0.3, -0.25) is 4.79 Å². The highest BCUT2D eigenvalue weighted by Crippen LogP contribution is 2.33. The number of benzene rings is 1. The highest BCUT2D eigenvalue weighted by molar-refractivity contribution is 5.92. The third kappa shape index (κ3) is 4.82.